The Bertz CT molecular complexity index is 173. The van der Waals surface area contributed by atoms with Crippen molar-refractivity contribution < 1.29 is 4.74 Å². The van der Waals surface area contributed by atoms with Crippen molar-refractivity contribution in [2.24, 2.45) is 5.73 Å². The minimum Gasteiger partial charge on any atom is -0.501 e. The van der Waals surface area contributed by atoms with Crippen molar-refractivity contribution in [1.29, 1.82) is 0 Å². The van der Waals surface area contributed by atoms with Gasteiger partial charge in [0.05, 0.1) is 12.9 Å². The van der Waals surface area contributed by atoms with Gasteiger partial charge in [0, 0.05) is 12.5 Å². The van der Waals surface area contributed by atoms with E-state index in [1.165, 1.54) is 0 Å². The quantitative estimate of drug-likeness (QED) is 0.507. The minimum atomic E-state index is 0.299. The maximum Gasteiger partial charge on any atom is 0.0950 e. The molecule has 0 amide bonds. The molecule has 0 saturated heterocycles. The highest BCUT2D eigenvalue weighted by atomic mass is 16.5. The first-order chi connectivity index (χ1) is 6.24. The average molecular weight is 183 g/mol. The zero-order valence-electron chi connectivity index (χ0n) is 8.92. The summed E-state index contributed by atoms with van der Waals surface area (Å²) in [6, 6.07) is 0.299. The molecule has 0 fully saturated rings. The molecule has 0 bridgehead atoms. The zero-order valence-corrected chi connectivity index (χ0v) is 8.92. The molecule has 1 atom stereocenters. The average Bonchev–Trinajstić information content (AvgIpc) is 2.18. The van der Waals surface area contributed by atoms with Gasteiger partial charge in [-0.2, -0.15) is 0 Å². The van der Waals surface area contributed by atoms with Gasteiger partial charge in [-0.1, -0.05) is 19.1 Å². The molecular weight excluding hydrogens is 162 g/mol. The van der Waals surface area contributed by atoms with Crippen molar-refractivity contribution in [3.05, 3.63) is 24.0 Å². The zero-order chi connectivity index (χ0) is 10.1. The molecule has 2 nitrogen and oxygen atoms in total. The van der Waals surface area contributed by atoms with Crippen molar-refractivity contribution in [3.63, 3.8) is 0 Å². The highest BCUT2D eigenvalue weighted by molar-refractivity contribution is 4.99. The Balaban J connectivity index is 3.62. The Morgan fingerprint density at radius 2 is 2.15 bits per heavy atom. The van der Waals surface area contributed by atoms with Gasteiger partial charge < -0.3 is 10.5 Å². The smallest absolute Gasteiger partial charge is 0.0950 e. The number of ether oxygens (including phenoxy) is 1. The number of allylic oxidation sites excluding steroid dienone is 2. The van der Waals surface area contributed by atoms with Crippen LogP contribution in [0.3, 0.4) is 0 Å². The minimum absolute atomic E-state index is 0.299. The summed E-state index contributed by atoms with van der Waals surface area (Å²) in [5, 5.41) is 0. The van der Waals surface area contributed by atoms with Gasteiger partial charge in [0.25, 0.3) is 0 Å². The number of hydrogen-bond donors (Lipinski definition) is 1. The van der Waals surface area contributed by atoms with E-state index in [9.17, 15) is 0 Å². The standard InChI is InChI=1S/C11H21NO/c1-4-10(12)8-6-7-9-11(5-2)13-3/h5-7,10H,4,8-9,12H2,1-3H3/b7-6+,11-5+/t10-/m1/s1. The van der Waals surface area contributed by atoms with Gasteiger partial charge in [-0.3, -0.25) is 0 Å². The van der Waals surface area contributed by atoms with Gasteiger partial charge in [-0.15, -0.1) is 0 Å². The van der Waals surface area contributed by atoms with Crippen LogP contribution in [0.1, 0.15) is 33.1 Å². The summed E-state index contributed by atoms with van der Waals surface area (Å²) >= 11 is 0. The summed E-state index contributed by atoms with van der Waals surface area (Å²) in [5.41, 5.74) is 5.76. The maximum absolute atomic E-state index is 5.76. The predicted molar refractivity (Wildman–Crippen MR) is 57.4 cm³/mol. The Morgan fingerprint density at radius 1 is 1.46 bits per heavy atom. The lowest BCUT2D eigenvalue weighted by Crippen LogP contribution is -2.16. The highest BCUT2D eigenvalue weighted by Gasteiger charge is 1.94. The van der Waals surface area contributed by atoms with E-state index in [4.69, 9.17) is 10.5 Å². The van der Waals surface area contributed by atoms with E-state index >= 15 is 0 Å². The molecule has 0 aromatic heterocycles. The lowest BCUT2D eigenvalue weighted by Gasteiger charge is -2.04. The van der Waals surface area contributed by atoms with Crippen molar-refractivity contribution >= 4 is 0 Å². The summed E-state index contributed by atoms with van der Waals surface area (Å²) in [7, 11) is 1.70. The van der Waals surface area contributed by atoms with Crippen LogP contribution in [0.4, 0.5) is 0 Å². The fourth-order valence-corrected chi connectivity index (χ4v) is 0.956. The fraction of sp³-hybridized carbons (Fsp3) is 0.636. The van der Waals surface area contributed by atoms with Crippen molar-refractivity contribution in [2.45, 2.75) is 39.2 Å². The molecule has 0 saturated carbocycles. The molecule has 13 heavy (non-hydrogen) atoms. The van der Waals surface area contributed by atoms with E-state index in [2.05, 4.69) is 19.1 Å². The molecule has 0 aromatic rings. The molecule has 0 spiro atoms. The van der Waals surface area contributed by atoms with Gasteiger partial charge in [-0.05, 0) is 25.8 Å². The van der Waals surface area contributed by atoms with Gasteiger partial charge in [0.1, 0.15) is 0 Å². The van der Waals surface area contributed by atoms with Gasteiger partial charge in [0.2, 0.25) is 0 Å². The SMILES string of the molecule is C/C=C(\C/C=C/C[C@H](N)CC)OC. The third-order valence-corrected chi connectivity index (χ3v) is 2.03. The molecule has 0 rings (SSSR count). The maximum atomic E-state index is 5.76. The van der Waals surface area contributed by atoms with Crippen LogP contribution in [0.2, 0.25) is 0 Å². The van der Waals surface area contributed by atoms with Gasteiger partial charge in [-0.25, -0.2) is 0 Å². The lowest BCUT2D eigenvalue weighted by atomic mass is 10.1. The molecule has 0 aliphatic rings. The van der Waals surface area contributed by atoms with E-state index < -0.39 is 0 Å². The Labute approximate surface area is 81.5 Å². The first kappa shape index (κ1) is 12.2. The van der Waals surface area contributed by atoms with Crippen molar-refractivity contribution in [3.8, 4) is 0 Å². The van der Waals surface area contributed by atoms with E-state index in [1.54, 1.807) is 7.11 Å². The third-order valence-electron chi connectivity index (χ3n) is 2.03. The van der Waals surface area contributed by atoms with Crippen LogP contribution in [-0.2, 0) is 4.74 Å². The molecule has 0 radical (unpaired) electrons. The Hall–Kier alpha value is -0.760. The number of nitrogens with two attached hydrogens (primary N) is 1. The predicted octanol–water partition coefficient (Wildman–Crippen LogP) is 2.61. The topological polar surface area (TPSA) is 35.2 Å². The number of hydrogen-bond acceptors (Lipinski definition) is 2. The fourth-order valence-electron chi connectivity index (χ4n) is 0.956. The molecule has 0 unspecified atom stereocenters. The van der Waals surface area contributed by atoms with Crippen LogP contribution in [-0.4, -0.2) is 13.2 Å². The normalized spacial score (nSPS) is 14.9. The molecular formula is C11H21NO. The Morgan fingerprint density at radius 3 is 2.62 bits per heavy atom. The summed E-state index contributed by atoms with van der Waals surface area (Å²) < 4.78 is 5.11. The third kappa shape index (κ3) is 6.41. The van der Waals surface area contributed by atoms with Crippen LogP contribution in [0, 0.1) is 0 Å². The van der Waals surface area contributed by atoms with Crippen LogP contribution in [0.15, 0.2) is 24.0 Å². The molecule has 0 aliphatic carbocycles. The summed E-state index contributed by atoms with van der Waals surface area (Å²) in [4.78, 5) is 0. The van der Waals surface area contributed by atoms with Crippen LogP contribution < -0.4 is 5.73 Å². The molecule has 2 heteroatoms. The molecule has 0 heterocycles. The Kier molecular flexibility index (Phi) is 7.41. The van der Waals surface area contributed by atoms with Crippen LogP contribution in [0.5, 0.6) is 0 Å². The number of methoxy groups -OCH3 is 1. The molecule has 2 N–H and O–H groups in total. The van der Waals surface area contributed by atoms with Crippen LogP contribution in [0.25, 0.3) is 0 Å². The van der Waals surface area contributed by atoms with E-state index in [0.29, 0.717) is 6.04 Å². The molecule has 0 aliphatic heterocycles. The first-order valence-corrected chi connectivity index (χ1v) is 4.84. The second kappa shape index (κ2) is 7.87. The number of rotatable bonds is 6. The summed E-state index contributed by atoms with van der Waals surface area (Å²) in [5.74, 6) is 1.00. The first-order valence-electron chi connectivity index (χ1n) is 4.84. The summed E-state index contributed by atoms with van der Waals surface area (Å²) in [6.07, 6.45) is 9.06. The largest absolute Gasteiger partial charge is 0.501 e. The summed E-state index contributed by atoms with van der Waals surface area (Å²) in [6.45, 7) is 4.08. The van der Waals surface area contributed by atoms with E-state index in [-0.39, 0.29) is 0 Å². The van der Waals surface area contributed by atoms with Gasteiger partial charge >= 0.3 is 0 Å². The van der Waals surface area contributed by atoms with Crippen molar-refractivity contribution in [1.82, 2.24) is 0 Å². The van der Waals surface area contributed by atoms with Crippen LogP contribution >= 0.6 is 0 Å². The monoisotopic (exact) mass is 183 g/mol. The molecule has 0 aromatic carbocycles. The lowest BCUT2D eigenvalue weighted by molar-refractivity contribution is 0.284. The van der Waals surface area contributed by atoms with Gasteiger partial charge in [0.15, 0.2) is 0 Å². The molecule has 76 valence electrons. The second-order valence-corrected chi connectivity index (χ2v) is 3.04. The highest BCUT2D eigenvalue weighted by Crippen LogP contribution is 2.03. The van der Waals surface area contributed by atoms with Crippen molar-refractivity contribution in [2.75, 3.05) is 7.11 Å². The van der Waals surface area contributed by atoms with E-state index in [1.807, 2.05) is 13.0 Å². The second-order valence-electron chi connectivity index (χ2n) is 3.04. The van der Waals surface area contributed by atoms with E-state index in [0.717, 1.165) is 25.0 Å².